The number of carboxylic acids is 1. The minimum absolute atomic E-state index is 0.0469. The van der Waals surface area contributed by atoms with E-state index in [-0.39, 0.29) is 22.6 Å². The molecule has 0 radical (unpaired) electrons. The number of anilines is 1. The summed E-state index contributed by atoms with van der Waals surface area (Å²) >= 11 is 6.35. The van der Waals surface area contributed by atoms with E-state index in [9.17, 15) is 14.7 Å². The molecule has 0 unspecified atom stereocenters. The summed E-state index contributed by atoms with van der Waals surface area (Å²) in [5.41, 5.74) is 0.157. The van der Waals surface area contributed by atoms with Crippen molar-refractivity contribution in [3.05, 3.63) is 56.5 Å². The Balaban J connectivity index is 2.34. The number of benzene rings is 2. The van der Waals surface area contributed by atoms with Crippen LogP contribution < -0.4 is 5.32 Å². The van der Waals surface area contributed by atoms with Crippen molar-refractivity contribution in [2.24, 2.45) is 0 Å². The molecule has 0 saturated carbocycles. The molecular weight excluding hydrogens is 406 g/mol. The standard InChI is InChI=1S/C14H9Br2NO4/c15-7-2-4-11(10(5-7)14(20)21)17-13(19)9-3-1-8(16)6-12(9)18/h1-6,18H,(H,17,19)(H,20,21). The number of carbonyl (C=O) groups is 2. The van der Waals surface area contributed by atoms with Crippen LogP contribution >= 0.6 is 31.9 Å². The third-order valence-corrected chi connectivity index (χ3v) is 3.65. The molecule has 0 aliphatic carbocycles. The summed E-state index contributed by atoms with van der Waals surface area (Å²) in [4.78, 5) is 23.3. The predicted molar refractivity (Wildman–Crippen MR) is 84.9 cm³/mol. The van der Waals surface area contributed by atoms with Gasteiger partial charge in [0.1, 0.15) is 5.75 Å². The van der Waals surface area contributed by atoms with Gasteiger partial charge >= 0.3 is 5.97 Å². The molecule has 7 heteroatoms. The number of halogens is 2. The number of rotatable bonds is 3. The van der Waals surface area contributed by atoms with E-state index in [0.717, 1.165) is 0 Å². The van der Waals surface area contributed by atoms with Crippen LogP contribution in [0.3, 0.4) is 0 Å². The molecule has 0 aliphatic rings. The molecule has 3 N–H and O–H groups in total. The first-order valence-electron chi connectivity index (χ1n) is 5.71. The fraction of sp³-hybridized carbons (Fsp3) is 0. The Morgan fingerprint density at radius 2 is 1.57 bits per heavy atom. The van der Waals surface area contributed by atoms with Gasteiger partial charge in [0.25, 0.3) is 5.91 Å². The lowest BCUT2D eigenvalue weighted by atomic mass is 10.1. The molecule has 2 rings (SSSR count). The number of carbonyl (C=O) groups excluding carboxylic acids is 1. The first kappa shape index (κ1) is 15.5. The summed E-state index contributed by atoms with van der Waals surface area (Å²) < 4.78 is 1.22. The molecule has 2 aromatic carbocycles. The van der Waals surface area contributed by atoms with Crippen LogP contribution in [0.5, 0.6) is 5.75 Å². The molecule has 0 atom stereocenters. The lowest BCUT2D eigenvalue weighted by Gasteiger charge is -2.10. The van der Waals surface area contributed by atoms with Crippen LogP contribution in [-0.2, 0) is 0 Å². The molecule has 0 aromatic heterocycles. The van der Waals surface area contributed by atoms with Crippen molar-refractivity contribution in [2.75, 3.05) is 5.32 Å². The van der Waals surface area contributed by atoms with Crippen molar-refractivity contribution in [1.82, 2.24) is 0 Å². The zero-order valence-electron chi connectivity index (χ0n) is 10.4. The third kappa shape index (κ3) is 3.62. The molecule has 5 nitrogen and oxygen atoms in total. The molecular formula is C14H9Br2NO4. The average Bonchev–Trinajstić information content (AvgIpc) is 2.40. The number of nitrogens with one attached hydrogen (secondary N) is 1. The first-order valence-corrected chi connectivity index (χ1v) is 7.30. The number of aromatic carboxylic acids is 1. The highest BCUT2D eigenvalue weighted by atomic mass is 79.9. The smallest absolute Gasteiger partial charge is 0.337 e. The number of phenols is 1. The number of aromatic hydroxyl groups is 1. The van der Waals surface area contributed by atoms with E-state index in [2.05, 4.69) is 37.2 Å². The minimum atomic E-state index is -1.16. The van der Waals surface area contributed by atoms with Crippen LogP contribution in [0.2, 0.25) is 0 Å². The van der Waals surface area contributed by atoms with Gasteiger partial charge in [0, 0.05) is 8.95 Å². The SMILES string of the molecule is O=C(Nc1ccc(Br)cc1C(=O)O)c1ccc(Br)cc1O. The van der Waals surface area contributed by atoms with E-state index < -0.39 is 11.9 Å². The Morgan fingerprint density at radius 3 is 2.19 bits per heavy atom. The van der Waals surface area contributed by atoms with Gasteiger partial charge in [-0.3, -0.25) is 4.79 Å². The van der Waals surface area contributed by atoms with E-state index in [1.807, 2.05) is 0 Å². The van der Waals surface area contributed by atoms with Gasteiger partial charge in [0.15, 0.2) is 0 Å². The van der Waals surface area contributed by atoms with Crippen molar-refractivity contribution < 1.29 is 19.8 Å². The monoisotopic (exact) mass is 413 g/mol. The molecule has 0 spiro atoms. The highest BCUT2D eigenvalue weighted by Gasteiger charge is 2.16. The molecule has 0 saturated heterocycles. The van der Waals surface area contributed by atoms with Crippen LogP contribution in [0.4, 0.5) is 5.69 Å². The van der Waals surface area contributed by atoms with Crippen LogP contribution in [0.1, 0.15) is 20.7 Å². The average molecular weight is 415 g/mol. The molecule has 1 amide bonds. The lowest BCUT2D eigenvalue weighted by Crippen LogP contribution is -2.15. The van der Waals surface area contributed by atoms with Gasteiger partial charge in [-0.15, -0.1) is 0 Å². The first-order chi connectivity index (χ1) is 9.88. The predicted octanol–water partition coefficient (Wildman–Crippen LogP) is 3.87. The Morgan fingerprint density at radius 1 is 0.952 bits per heavy atom. The van der Waals surface area contributed by atoms with Crippen LogP contribution in [0.25, 0.3) is 0 Å². The molecule has 0 fully saturated rings. The zero-order valence-corrected chi connectivity index (χ0v) is 13.6. The Labute approximate surface area is 136 Å². The van der Waals surface area contributed by atoms with Gasteiger partial charge in [-0.05, 0) is 36.4 Å². The van der Waals surface area contributed by atoms with Crippen molar-refractivity contribution in [2.45, 2.75) is 0 Å². The molecule has 21 heavy (non-hydrogen) atoms. The maximum absolute atomic E-state index is 12.1. The van der Waals surface area contributed by atoms with E-state index in [4.69, 9.17) is 5.11 Å². The number of carboxylic acid groups (broad SMARTS) is 1. The quantitative estimate of drug-likeness (QED) is 0.711. The van der Waals surface area contributed by atoms with Crippen LogP contribution in [-0.4, -0.2) is 22.1 Å². The number of amides is 1. The summed E-state index contributed by atoms with van der Waals surface area (Å²) in [6.45, 7) is 0. The normalized spacial score (nSPS) is 10.2. The van der Waals surface area contributed by atoms with Gasteiger partial charge in [0.2, 0.25) is 0 Å². The fourth-order valence-corrected chi connectivity index (χ4v) is 2.40. The summed E-state index contributed by atoms with van der Waals surface area (Å²) in [5, 5.41) is 21.4. The van der Waals surface area contributed by atoms with Gasteiger partial charge in [0.05, 0.1) is 16.8 Å². The van der Waals surface area contributed by atoms with Crippen molar-refractivity contribution in [3.63, 3.8) is 0 Å². The van der Waals surface area contributed by atoms with Crippen LogP contribution in [0, 0.1) is 0 Å². The summed E-state index contributed by atoms with van der Waals surface area (Å²) in [6, 6.07) is 8.90. The highest BCUT2D eigenvalue weighted by molar-refractivity contribution is 9.10. The second kappa shape index (κ2) is 6.28. The van der Waals surface area contributed by atoms with Crippen LogP contribution in [0.15, 0.2) is 45.3 Å². The van der Waals surface area contributed by atoms with Gasteiger partial charge in [-0.1, -0.05) is 31.9 Å². The largest absolute Gasteiger partial charge is 0.507 e. The zero-order chi connectivity index (χ0) is 15.6. The molecule has 108 valence electrons. The second-order valence-corrected chi connectivity index (χ2v) is 5.94. The maximum Gasteiger partial charge on any atom is 0.337 e. The van der Waals surface area contributed by atoms with Crippen molar-refractivity contribution in [3.8, 4) is 5.75 Å². The number of hydrogen-bond donors (Lipinski definition) is 3. The Bertz CT molecular complexity index is 731. The lowest BCUT2D eigenvalue weighted by molar-refractivity contribution is 0.0698. The van der Waals surface area contributed by atoms with Crippen molar-refractivity contribution in [1.29, 1.82) is 0 Å². The van der Waals surface area contributed by atoms with Gasteiger partial charge < -0.3 is 15.5 Å². The number of hydrogen-bond acceptors (Lipinski definition) is 3. The van der Waals surface area contributed by atoms with Gasteiger partial charge in [-0.25, -0.2) is 4.79 Å². The molecule has 0 aliphatic heterocycles. The van der Waals surface area contributed by atoms with E-state index in [1.165, 1.54) is 24.3 Å². The molecule has 0 bridgehead atoms. The van der Waals surface area contributed by atoms with E-state index in [0.29, 0.717) is 8.95 Å². The molecule has 0 heterocycles. The van der Waals surface area contributed by atoms with E-state index >= 15 is 0 Å². The molecule has 2 aromatic rings. The summed E-state index contributed by atoms with van der Waals surface area (Å²) in [7, 11) is 0. The fourth-order valence-electron chi connectivity index (χ4n) is 1.69. The maximum atomic E-state index is 12.1. The number of phenolic OH excluding ortho intramolecular Hbond substituents is 1. The minimum Gasteiger partial charge on any atom is -0.507 e. The summed E-state index contributed by atoms with van der Waals surface area (Å²) in [6.07, 6.45) is 0. The Kier molecular flexibility index (Phi) is 4.64. The second-order valence-electron chi connectivity index (χ2n) is 4.11. The third-order valence-electron chi connectivity index (χ3n) is 2.66. The van der Waals surface area contributed by atoms with Gasteiger partial charge in [-0.2, -0.15) is 0 Å². The van der Waals surface area contributed by atoms with Crippen molar-refractivity contribution >= 4 is 49.4 Å². The topological polar surface area (TPSA) is 86.6 Å². The highest BCUT2D eigenvalue weighted by Crippen LogP contribution is 2.25. The summed E-state index contributed by atoms with van der Waals surface area (Å²) in [5.74, 6) is -1.95. The van der Waals surface area contributed by atoms with E-state index in [1.54, 1.807) is 12.1 Å². The Hall–Kier alpha value is -1.86.